The van der Waals surface area contributed by atoms with E-state index in [2.05, 4.69) is 0 Å². The molecule has 0 amide bonds. The second kappa shape index (κ2) is 7.43. The number of nitrogens with zero attached hydrogens (tertiary/aromatic N) is 1. The van der Waals surface area contributed by atoms with Gasteiger partial charge in [-0.25, -0.2) is 13.2 Å². The molecule has 0 aliphatic carbocycles. The molecular weight excluding hydrogens is 334 g/mol. The summed E-state index contributed by atoms with van der Waals surface area (Å²) in [5, 5.41) is 0. The summed E-state index contributed by atoms with van der Waals surface area (Å²) in [6.45, 7) is 0. The summed E-state index contributed by atoms with van der Waals surface area (Å²) in [5.74, 6) is -0.229. The van der Waals surface area contributed by atoms with Crippen LogP contribution in [0, 0.1) is 0 Å². The standard InChI is InChI=1S/C16H17NO6S/c1-17(22-3)24(19,20)15-11-12(9-10-14(15)21-2)16(18)23-13-7-5-4-6-8-13/h4-11H,1-3H3. The van der Waals surface area contributed by atoms with Gasteiger partial charge >= 0.3 is 5.97 Å². The third-order valence-electron chi connectivity index (χ3n) is 3.23. The third-order valence-corrected chi connectivity index (χ3v) is 4.93. The molecule has 0 heterocycles. The first-order valence-electron chi connectivity index (χ1n) is 6.88. The molecule has 24 heavy (non-hydrogen) atoms. The zero-order chi connectivity index (χ0) is 17.7. The van der Waals surface area contributed by atoms with Crippen molar-refractivity contribution in [2.24, 2.45) is 0 Å². The summed E-state index contributed by atoms with van der Waals surface area (Å²) in [7, 11) is -0.186. The maximum absolute atomic E-state index is 12.4. The molecule has 2 aromatic rings. The highest BCUT2D eigenvalue weighted by molar-refractivity contribution is 7.89. The molecule has 0 saturated heterocycles. The van der Waals surface area contributed by atoms with E-state index in [-0.39, 0.29) is 16.2 Å². The van der Waals surface area contributed by atoms with Gasteiger partial charge in [-0.1, -0.05) is 22.7 Å². The lowest BCUT2D eigenvalue weighted by Crippen LogP contribution is -2.26. The van der Waals surface area contributed by atoms with Crippen LogP contribution in [0.15, 0.2) is 53.4 Å². The Bertz CT molecular complexity index is 820. The summed E-state index contributed by atoms with van der Waals surface area (Å²) in [4.78, 5) is 16.8. The first-order valence-corrected chi connectivity index (χ1v) is 8.32. The summed E-state index contributed by atoms with van der Waals surface area (Å²) in [5.41, 5.74) is 0.0720. The van der Waals surface area contributed by atoms with Crippen LogP contribution in [0.3, 0.4) is 0 Å². The fourth-order valence-electron chi connectivity index (χ4n) is 1.90. The Labute approximate surface area is 140 Å². The summed E-state index contributed by atoms with van der Waals surface area (Å²) >= 11 is 0. The van der Waals surface area contributed by atoms with Gasteiger partial charge < -0.3 is 9.47 Å². The van der Waals surface area contributed by atoms with Crippen LogP contribution in [0.2, 0.25) is 0 Å². The van der Waals surface area contributed by atoms with Crippen LogP contribution in [0.4, 0.5) is 0 Å². The highest BCUT2D eigenvalue weighted by Gasteiger charge is 2.26. The topological polar surface area (TPSA) is 82.1 Å². The van der Waals surface area contributed by atoms with Gasteiger partial charge in [-0.15, -0.1) is 0 Å². The first-order chi connectivity index (χ1) is 11.4. The van der Waals surface area contributed by atoms with Crippen LogP contribution in [-0.4, -0.2) is 40.1 Å². The fraction of sp³-hybridized carbons (Fsp3) is 0.188. The Morgan fingerprint density at radius 3 is 2.29 bits per heavy atom. The van der Waals surface area contributed by atoms with Crippen LogP contribution in [-0.2, 0) is 14.9 Å². The molecule has 2 aromatic carbocycles. The van der Waals surface area contributed by atoms with Gasteiger partial charge in [-0.05, 0) is 30.3 Å². The van der Waals surface area contributed by atoms with Crippen molar-refractivity contribution < 1.29 is 27.5 Å². The summed E-state index contributed by atoms with van der Waals surface area (Å²) < 4.78 is 35.8. The van der Waals surface area contributed by atoms with E-state index in [0.29, 0.717) is 10.2 Å². The van der Waals surface area contributed by atoms with E-state index in [1.807, 2.05) is 0 Å². The van der Waals surface area contributed by atoms with Gasteiger partial charge in [0.25, 0.3) is 10.0 Å². The number of sulfonamides is 1. The second-order valence-electron chi connectivity index (χ2n) is 4.67. The van der Waals surface area contributed by atoms with Crippen molar-refractivity contribution in [2.75, 3.05) is 21.3 Å². The number of carbonyl (C=O) groups is 1. The molecule has 7 nitrogen and oxygen atoms in total. The first kappa shape index (κ1) is 17.9. The largest absolute Gasteiger partial charge is 0.495 e. The lowest BCUT2D eigenvalue weighted by Gasteiger charge is -2.17. The molecule has 0 spiro atoms. The molecule has 0 unspecified atom stereocenters. The van der Waals surface area contributed by atoms with Crippen LogP contribution in [0.5, 0.6) is 11.5 Å². The molecule has 128 valence electrons. The minimum Gasteiger partial charge on any atom is -0.495 e. The van der Waals surface area contributed by atoms with Crippen LogP contribution in [0.1, 0.15) is 10.4 Å². The Morgan fingerprint density at radius 1 is 1.04 bits per heavy atom. The highest BCUT2D eigenvalue weighted by Crippen LogP contribution is 2.28. The average molecular weight is 351 g/mol. The maximum atomic E-state index is 12.4. The third kappa shape index (κ3) is 3.73. The zero-order valence-corrected chi connectivity index (χ0v) is 14.2. The predicted molar refractivity (Wildman–Crippen MR) is 86.4 cm³/mol. The van der Waals surface area contributed by atoms with Crippen molar-refractivity contribution in [3.8, 4) is 11.5 Å². The van der Waals surface area contributed by atoms with E-state index < -0.39 is 16.0 Å². The molecule has 0 atom stereocenters. The zero-order valence-electron chi connectivity index (χ0n) is 13.4. The molecule has 0 aromatic heterocycles. The predicted octanol–water partition coefficient (Wildman–Crippen LogP) is 2.10. The minimum atomic E-state index is -3.98. The molecule has 0 N–H and O–H groups in total. The van der Waals surface area contributed by atoms with Gasteiger partial charge in [0.1, 0.15) is 16.4 Å². The number of hydrogen-bond donors (Lipinski definition) is 0. The van der Waals surface area contributed by atoms with Gasteiger partial charge in [0.05, 0.1) is 19.8 Å². The van der Waals surface area contributed by atoms with Crippen molar-refractivity contribution in [1.29, 1.82) is 0 Å². The number of carbonyl (C=O) groups excluding carboxylic acids is 1. The number of ether oxygens (including phenoxy) is 2. The van der Waals surface area contributed by atoms with Crippen LogP contribution >= 0.6 is 0 Å². The van der Waals surface area contributed by atoms with E-state index in [1.165, 1.54) is 39.5 Å². The molecule has 0 aliphatic heterocycles. The normalized spacial score (nSPS) is 11.3. The molecular formula is C16H17NO6S. The molecule has 0 bridgehead atoms. The monoisotopic (exact) mass is 351 g/mol. The van der Waals surface area contributed by atoms with Crippen LogP contribution in [0.25, 0.3) is 0 Å². The van der Waals surface area contributed by atoms with Crippen LogP contribution < -0.4 is 9.47 Å². The van der Waals surface area contributed by atoms with Gasteiger partial charge in [0.2, 0.25) is 0 Å². The number of esters is 1. The van der Waals surface area contributed by atoms with E-state index >= 15 is 0 Å². The molecule has 2 rings (SSSR count). The SMILES string of the molecule is COc1ccc(C(=O)Oc2ccccc2)cc1S(=O)(=O)N(C)OC. The van der Waals surface area contributed by atoms with E-state index in [0.717, 1.165) is 0 Å². The Hall–Kier alpha value is -2.42. The molecule has 0 fully saturated rings. The quantitative estimate of drug-likeness (QED) is 0.450. The summed E-state index contributed by atoms with van der Waals surface area (Å²) in [6.07, 6.45) is 0. The van der Waals surface area contributed by atoms with Crippen molar-refractivity contribution in [2.45, 2.75) is 4.90 Å². The number of hydroxylamine groups is 1. The van der Waals surface area contributed by atoms with E-state index in [9.17, 15) is 13.2 Å². The van der Waals surface area contributed by atoms with Gasteiger partial charge in [-0.2, -0.15) is 0 Å². The lowest BCUT2D eigenvalue weighted by atomic mass is 10.2. The fourth-order valence-corrected chi connectivity index (χ4v) is 3.05. The number of para-hydroxylation sites is 1. The second-order valence-corrected chi connectivity index (χ2v) is 6.57. The van der Waals surface area contributed by atoms with E-state index in [1.54, 1.807) is 30.3 Å². The molecule has 0 saturated carbocycles. The molecule has 0 radical (unpaired) electrons. The van der Waals surface area contributed by atoms with Gasteiger partial charge in [0.15, 0.2) is 0 Å². The van der Waals surface area contributed by atoms with Crippen molar-refractivity contribution in [3.05, 3.63) is 54.1 Å². The summed E-state index contributed by atoms with van der Waals surface area (Å²) in [6, 6.07) is 12.5. The van der Waals surface area contributed by atoms with Gasteiger partial charge in [0, 0.05) is 7.05 Å². The van der Waals surface area contributed by atoms with E-state index in [4.69, 9.17) is 14.3 Å². The molecule has 8 heteroatoms. The minimum absolute atomic E-state index is 0.0720. The number of methoxy groups -OCH3 is 1. The number of rotatable bonds is 6. The Morgan fingerprint density at radius 2 is 1.71 bits per heavy atom. The average Bonchev–Trinajstić information content (AvgIpc) is 2.61. The number of hydrogen-bond acceptors (Lipinski definition) is 6. The number of benzene rings is 2. The Balaban J connectivity index is 2.40. The molecule has 0 aliphatic rings. The lowest BCUT2D eigenvalue weighted by molar-refractivity contribution is -0.0259. The highest BCUT2D eigenvalue weighted by atomic mass is 32.2. The van der Waals surface area contributed by atoms with Crippen molar-refractivity contribution >= 4 is 16.0 Å². The van der Waals surface area contributed by atoms with Crippen molar-refractivity contribution in [3.63, 3.8) is 0 Å². The smallest absolute Gasteiger partial charge is 0.343 e. The van der Waals surface area contributed by atoms with Gasteiger partial charge in [-0.3, -0.25) is 4.84 Å². The van der Waals surface area contributed by atoms with Crippen molar-refractivity contribution in [1.82, 2.24) is 4.47 Å². The Kier molecular flexibility index (Phi) is 5.55. The maximum Gasteiger partial charge on any atom is 0.343 e.